The number of hydrogen-bond donors (Lipinski definition) is 0. The van der Waals surface area contributed by atoms with Crippen LogP contribution in [0, 0.1) is 0 Å². The molecule has 0 spiro atoms. The lowest BCUT2D eigenvalue weighted by atomic mass is 10.0. The summed E-state index contributed by atoms with van der Waals surface area (Å²) in [5.41, 5.74) is -0.841. The van der Waals surface area contributed by atoms with E-state index in [1.807, 2.05) is 0 Å². The molecule has 0 aliphatic carbocycles. The van der Waals surface area contributed by atoms with Gasteiger partial charge >= 0.3 is 6.18 Å². The molecule has 1 aromatic heterocycles. The third kappa shape index (κ3) is 2.03. The molecule has 0 aliphatic rings. The summed E-state index contributed by atoms with van der Waals surface area (Å²) < 4.78 is 39.6. The Kier molecular flexibility index (Phi) is 2.90. The first-order valence-corrected chi connectivity index (χ1v) is 6.12. The van der Waals surface area contributed by atoms with E-state index in [1.54, 1.807) is 24.3 Å². The molecule has 3 rings (SSSR count). The van der Waals surface area contributed by atoms with E-state index in [4.69, 9.17) is 4.84 Å². The van der Waals surface area contributed by atoms with Crippen LogP contribution in [0.5, 0.6) is 0 Å². The van der Waals surface area contributed by atoms with Crippen LogP contribution in [-0.4, -0.2) is 11.8 Å². The van der Waals surface area contributed by atoms with Crippen LogP contribution in [0.15, 0.2) is 47.3 Å². The summed E-state index contributed by atoms with van der Waals surface area (Å²) in [6.45, 7) is 0. The van der Waals surface area contributed by atoms with Crippen molar-refractivity contribution in [2.45, 2.75) is 6.18 Å². The van der Waals surface area contributed by atoms with Crippen LogP contribution >= 0.6 is 0 Å². The SMILES string of the molecule is COn1c(=O)c2ccc(C(F)(F)F)cc2c2ccccc21. The molecule has 2 aromatic carbocycles. The Balaban J connectivity index is 2.53. The van der Waals surface area contributed by atoms with Gasteiger partial charge in [-0.2, -0.15) is 13.2 Å². The summed E-state index contributed by atoms with van der Waals surface area (Å²) in [6.07, 6.45) is -4.45. The molecule has 0 saturated carbocycles. The van der Waals surface area contributed by atoms with E-state index in [0.717, 1.165) is 16.9 Å². The average Bonchev–Trinajstić information content (AvgIpc) is 2.46. The van der Waals surface area contributed by atoms with E-state index in [1.165, 1.54) is 13.2 Å². The van der Waals surface area contributed by atoms with Crippen molar-refractivity contribution in [1.82, 2.24) is 4.73 Å². The Labute approximate surface area is 117 Å². The zero-order chi connectivity index (χ0) is 15.2. The Morgan fingerprint density at radius 2 is 1.71 bits per heavy atom. The highest BCUT2D eigenvalue weighted by Crippen LogP contribution is 2.32. The maximum atomic E-state index is 12.9. The monoisotopic (exact) mass is 293 g/mol. The predicted molar refractivity (Wildman–Crippen MR) is 73.2 cm³/mol. The lowest BCUT2D eigenvalue weighted by molar-refractivity contribution is -0.137. The van der Waals surface area contributed by atoms with E-state index in [9.17, 15) is 18.0 Å². The lowest BCUT2D eigenvalue weighted by Crippen LogP contribution is -2.25. The van der Waals surface area contributed by atoms with Crippen LogP contribution in [0.25, 0.3) is 21.7 Å². The van der Waals surface area contributed by atoms with Gasteiger partial charge in [-0.05, 0) is 29.7 Å². The number of hydrogen-bond acceptors (Lipinski definition) is 2. The van der Waals surface area contributed by atoms with Crippen LogP contribution < -0.4 is 10.4 Å². The molecule has 1 heterocycles. The van der Waals surface area contributed by atoms with Crippen molar-refractivity contribution in [2.24, 2.45) is 0 Å². The van der Waals surface area contributed by atoms with Gasteiger partial charge in [0, 0.05) is 5.39 Å². The summed E-state index contributed by atoms with van der Waals surface area (Å²) in [4.78, 5) is 17.3. The van der Waals surface area contributed by atoms with Gasteiger partial charge in [-0.25, -0.2) is 0 Å². The van der Waals surface area contributed by atoms with Gasteiger partial charge in [-0.15, -0.1) is 4.73 Å². The minimum atomic E-state index is -4.45. The molecule has 0 saturated heterocycles. The van der Waals surface area contributed by atoms with Crippen molar-refractivity contribution in [2.75, 3.05) is 7.11 Å². The molecule has 0 bridgehead atoms. The molecule has 6 heteroatoms. The number of alkyl halides is 3. The highest BCUT2D eigenvalue weighted by molar-refractivity contribution is 6.05. The number of rotatable bonds is 1. The molecule has 3 nitrogen and oxygen atoms in total. The zero-order valence-corrected chi connectivity index (χ0v) is 10.9. The smallest absolute Gasteiger partial charge is 0.413 e. The number of fused-ring (bicyclic) bond motifs is 3. The number of benzene rings is 2. The zero-order valence-electron chi connectivity index (χ0n) is 10.9. The molecule has 21 heavy (non-hydrogen) atoms. The first-order chi connectivity index (χ1) is 9.93. The number of aromatic nitrogens is 1. The molecule has 0 N–H and O–H groups in total. The summed E-state index contributed by atoms with van der Waals surface area (Å²) in [7, 11) is 1.34. The van der Waals surface area contributed by atoms with Crippen LogP contribution in [0.3, 0.4) is 0 Å². The first-order valence-electron chi connectivity index (χ1n) is 6.12. The molecule has 0 radical (unpaired) electrons. The van der Waals surface area contributed by atoms with Gasteiger partial charge in [0.05, 0.1) is 16.5 Å². The van der Waals surface area contributed by atoms with Gasteiger partial charge in [0.15, 0.2) is 0 Å². The van der Waals surface area contributed by atoms with Crippen molar-refractivity contribution >= 4 is 21.7 Å². The minimum absolute atomic E-state index is 0.184. The molecular formula is C15H10F3NO2. The molecular weight excluding hydrogens is 283 g/mol. The van der Waals surface area contributed by atoms with Crippen molar-refractivity contribution in [3.63, 3.8) is 0 Å². The first kappa shape index (κ1) is 13.5. The third-order valence-electron chi connectivity index (χ3n) is 3.36. The number of pyridine rings is 1. The fourth-order valence-electron chi connectivity index (χ4n) is 2.41. The van der Waals surface area contributed by atoms with Crippen LogP contribution in [0.2, 0.25) is 0 Å². The largest absolute Gasteiger partial charge is 0.416 e. The lowest BCUT2D eigenvalue weighted by Gasteiger charge is -2.13. The van der Waals surface area contributed by atoms with Crippen molar-refractivity contribution in [1.29, 1.82) is 0 Å². The molecule has 3 aromatic rings. The topological polar surface area (TPSA) is 31.2 Å². The molecule has 0 aliphatic heterocycles. The van der Waals surface area contributed by atoms with Gasteiger partial charge in [0.25, 0.3) is 5.56 Å². The Morgan fingerprint density at radius 3 is 2.38 bits per heavy atom. The van der Waals surface area contributed by atoms with E-state index in [2.05, 4.69) is 0 Å². The Hall–Kier alpha value is -2.50. The fourth-order valence-corrected chi connectivity index (χ4v) is 2.41. The molecule has 0 amide bonds. The van der Waals surface area contributed by atoms with Crippen LogP contribution in [-0.2, 0) is 6.18 Å². The van der Waals surface area contributed by atoms with E-state index >= 15 is 0 Å². The maximum absolute atomic E-state index is 12.9. The van der Waals surface area contributed by atoms with Crippen molar-refractivity contribution < 1.29 is 18.0 Å². The Morgan fingerprint density at radius 1 is 1.00 bits per heavy atom. The maximum Gasteiger partial charge on any atom is 0.416 e. The summed E-state index contributed by atoms with van der Waals surface area (Å²) in [5.74, 6) is 0. The van der Waals surface area contributed by atoms with Gasteiger partial charge in [0.1, 0.15) is 7.11 Å². The molecule has 108 valence electrons. The van der Waals surface area contributed by atoms with Gasteiger partial charge in [-0.3, -0.25) is 4.79 Å². The number of para-hydroxylation sites is 1. The number of halogens is 3. The van der Waals surface area contributed by atoms with E-state index < -0.39 is 17.3 Å². The van der Waals surface area contributed by atoms with Crippen molar-refractivity contribution in [3.8, 4) is 0 Å². The second-order valence-electron chi connectivity index (χ2n) is 4.56. The molecule has 0 atom stereocenters. The Bertz CT molecular complexity index is 897. The second kappa shape index (κ2) is 4.51. The normalized spacial score (nSPS) is 12.0. The predicted octanol–water partition coefficient (Wildman–Crippen LogP) is 3.23. The average molecular weight is 293 g/mol. The molecule has 0 fully saturated rings. The molecule has 0 unspecified atom stereocenters. The van der Waals surface area contributed by atoms with E-state index in [-0.39, 0.29) is 10.8 Å². The van der Waals surface area contributed by atoms with Crippen LogP contribution in [0.1, 0.15) is 5.56 Å². The highest BCUT2D eigenvalue weighted by atomic mass is 19.4. The number of nitrogens with zero attached hydrogens (tertiary/aromatic N) is 1. The quantitative estimate of drug-likeness (QED) is 0.645. The van der Waals surface area contributed by atoms with E-state index in [0.29, 0.717) is 10.9 Å². The van der Waals surface area contributed by atoms with Gasteiger partial charge in [-0.1, -0.05) is 18.2 Å². The third-order valence-corrected chi connectivity index (χ3v) is 3.36. The van der Waals surface area contributed by atoms with Crippen LogP contribution in [0.4, 0.5) is 13.2 Å². The minimum Gasteiger partial charge on any atom is -0.413 e. The van der Waals surface area contributed by atoms with Gasteiger partial charge < -0.3 is 4.84 Å². The fraction of sp³-hybridized carbons (Fsp3) is 0.133. The summed E-state index contributed by atoms with van der Waals surface area (Å²) in [5, 5.41) is 0.974. The summed E-state index contributed by atoms with van der Waals surface area (Å²) in [6, 6.07) is 9.76. The standard InChI is InChI=1S/C15H10F3NO2/c1-21-19-13-5-3-2-4-10(13)12-8-9(15(16,17)18)6-7-11(12)14(19)20/h2-8H,1H3. The van der Waals surface area contributed by atoms with Crippen molar-refractivity contribution in [3.05, 3.63) is 58.4 Å². The summed E-state index contributed by atoms with van der Waals surface area (Å²) >= 11 is 0. The van der Waals surface area contributed by atoms with Gasteiger partial charge in [0.2, 0.25) is 0 Å². The second-order valence-corrected chi connectivity index (χ2v) is 4.56. The highest BCUT2D eigenvalue weighted by Gasteiger charge is 2.31.